The molecule has 4 nitrogen and oxygen atoms in total. The number of aromatic nitrogens is 2. The minimum atomic E-state index is -0.302. The molecule has 1 atom stereocenters. The summed E-state index contributed by atoms with van der Waals surface area (Å²) in [6.45, 7) is 0.454. The Hall–Kier alpha value is -1.46. The van der Waals surface area contributed by atoms with Crippen molar-refractivity contribution in [3.63, 3.8) is 0 Å². The Kier molecular flexibility index (Phi) is 3.71. The topological polar surface area (TPSA) is 58.7 Å². The van der Waals surface area contributed by atoms with Crippen LogP contribution in [0.5, 0.6) is 0 Å². The Balaban J connectivity index is 2.23. The van der Waals surface area contributed by atoms with Gasteiger partial charge in [0.2, 0.25) is 0 Å². The zero-order valence-electron chi connectivity index (χ0n) is 8.84. The van der Waals surface area contributed by atoms with Crippen molar-refractivity contribution >= 4 is 29.2 Å². The zero-order valence-corrected chi connectivity index (χ0v) is 10.4. The molecule has 0 bridgehead atoms. The third kappa shape index (κ3) is 2.81. The third-order valence-electron chi connectivity index (χ3n) is 2.42. The SMILES string of the molecule is N=c1sccn1CC(C=O)c1ccc(Cl)nc1. The number of carbonyl (C=O) groups excluding carboxylic acids is 1. The van der Waals surface area contributed by atoms with Gasteiger partial charge in [0.25, 0.3) is 0 Å². The normalized spacial score (nSPS) is 12.3. The molecule has 1 unspecified atom stereocenters. The first-order valence-corrected chi connectivity index (χ1v) is 6.21. The molecule has 2 rings (SSSR count). The molecule has 0 aromatic carbocycles. The molecule has 1 N–H and O–H groups in total. The predicted molar refractivity (Wildman–Crippen MR) is 66.2 cm³/mol. The van der Waals surface area contributed by atoms with E-state index >= 15 is 0 Å². The maximum Gasteiger partial charge on any atom is 0.181 e. The molecule has 6 heteroatoms. The first-order valence-electron chi connectivity index (χ1n) is 4.96. The third-order valence-corrected chi connectivity index (χ3v) is 3.36. The van der Waals surface area contributed by atoms with Crippen LogP contribution in [0, 0.1) is 5.41 Å². The fraction of sp³-hybridized carbons (Fsp3) is 0.182. The Labute approximate surface area is 107 Å². The molecule has 0 aliphatic rings. The van der Waals surface area contributed by atoms with Crippen LogP contribution in [0.25, 0.3) is 0 Å². The van der Waals surface area contributed by atoms with E-state index in [2.05, 4.69) is 4.98 Å². The van der Waals surface area contributed by atoms with Gasteiger partial charge in [-0.3, -0.25) is 5.41 Å². The number of pyridine rings is 1. The lowest BCUT2D eigenvalue weighted by Crippen LogP contribution is -2.18. The smallest absolute Gasteiger partial charge is 0.181 e. The van der Waals surface area contributed by atoms with Gasteiger partial charge in [0.05, 0.1) is 5.92 Å². The molecule has 0 fully saturated rings. The van der Waals surface area contributed by atoms with Gasteiger partial charge < -0.3 is 9.36 Å². The van der Waals surface area contributed by atoms with Crippen molar-refractivity contribution in [3.8, 4) is 0 Å². The van der Waals surface area contributed by atoms with Crippen molar-refractivity contribution in [1.29, 1.82) is 5.41 Å². The van der Waals surface area contributed by atoms with Gasteiger partial charge in [0.1, 0.15) is 11.4 Å². The number of hydrogen-bond donors (Lipinski definition) is 1. The summed E-state index contributed by atoms with van der Waals surface area (Å²) in [5.41, 5.74) is 0.808. The van der Waals surface area contributed by atoms with E-state index in [1.807, 2.05) is 5.38 Å². The summed E-state index contributed by atoms with van der Waals surface area (Å²) in [7, 11) is 0. The van der Waals surface area contributed by atoms with Crippen LogP contribution in [-0.4, -0.2) is 15.8 Å². The van der Waals surface area contributed by atoms with Crippen LogP contribution >= 0.6 is 22.9 Å². The quantitative estimate of drug-likeness (QED) is 0.681. The van der Waals surface area contributed by atoms with Gasteiger partial charge in [-0.25, -0.2) is 4.98 Å². The van der Waals surface area contributed by atoms with Crippen molar-refractivity contribution in [3.05, 3.63) is 45.4 Å². The molecule has 0 saturated heterocycles. The highest BCUT2D eigenvalue weighted by Crippen LogP contribution is 2.16. The number of thiazole rings is 1. The summed E-state index contributed by atoms with van der Waals surface area (Å²) in [5, 5.41) is 9.87. The Bertz CT molecular complexity index is 561. The number of aldehydes is 1. The first kappa shape index (κ1) is 12.0. The van der Waals surface area contributed by atoms with Gasteiger partial charge >= 0.3 is 0 Å². The molecule has 0 aliphatic carbocycles. The van der Waals surface area contributed by atoms with Crippen LogP contribution in [0.2, 0.25) is 5.15 Å². The van der Waals surface area contributed by atoms with Crippen LogP contribution < -0.4 is 4.80 Å². The van der Waals surface area contributed by atoms with Crippen LogP contribution in [0.1, 0.15) is 11.5 Å². The largest absolute Gasteiger partial charge is 0.323 e. The van der Waals surface area contributed by atoms with E-state index in [9.17, 15) is 4.79 Å². The van der Waals surface area contributed by atoms with Crippen molar-refractivity contribution in [1.82, 2.24) is 9.55 Å². The highest BCUT2D eigenvalue weighted by Gasteiger charge is 2.12. The summed E-state index contributed by atoms with van der Waals surface area (Å²) >= 11 is 7.03. The first-order chi connectivity index (χ1) is 8.20. The maximum absolute atomic E-state index is 11.1. The zero-order chi connectivity index (χ0) is 12.3. The fourth-order valence-corrected chi connectivity index (χ4v) is 2.21. The predicted octanol–water partition coefficient (Wildman–Crippen LogP) is 2.06. The number of hydrogen-bond acceptors (Lipinski definition) is 4. The highest BCUT2D eigenvalue weighted by molar-refractivity contribution is 7.06. The molecule has 0 radical (unpaired) electrons. The highest BCUT2D eigenvalue weighted by atomic mass is 35.5. The molecule has 0 saturated carbocycles. The lowest BCUT2D eigenvalue weighted by atomic mass is 10.0. The minimum Gasteiger partial charge on any atom is -0.323 e. The molecule has 0 spiro atoms. The summed E-state index contributed by atoms with van der Waals surface area (Å²) in [6.07, 6.45) is 4.26. The molecule has 17 heavy (non-hydrogen) atoms. The number of carbonyl (C=O) groups is 1. The number of halogens is 1. The molecule has 0 amide bonds. The molecule has 88 valence electrons. The molecule has 2 heterocycles. The van der Waals surface area contributed by atoms with E-state index in [1.54, 1.807) is 29.1 Å². The van der Waals surface area contributed by atoms with Crippen molar-refractivity contribution in [2.75, 3.05) is 0 Å². The number of rotatable bonds is 4. The van der Waals surface area contributed by atoms with Crippen LogP contribution in [0.4, 0.5) is 0 Å². The van der Waals surface area contributed by atoms with Gasteiger partial charge in [0.15, 0.2) is 4.80 Å². The molecular formula is C11H10ClN3OS. The van der Waals surface area contributed by atoms with Gasteiger partial charge in [-0.1, -0.05) is 17.7 Å². The van der Waals surface area contributed by atoms with Gasteiger partial charge in [-0.2, -0.15) is 0 Å². The van der Waals surface area contributed by atoms with Gasteiger partial charge in [-0.05, 0) is 11.6 Å². The summed E-state index contributed by atoms with van der Waals surface area (Å²) in [5.74, 6) is -0.302. The van der Waals surface area contributed by atoms with E-state index in [0.717, 1.165) is 11.8 Å². The van der Waals surface area contributed by atoms with E-state index in [1.165, 1.54) is 11.3 Å². The monoisotopic (exact) mass is 267 g/mol. The standard InChI is InChI=1S/C11H10ClN3OS/c12-10-2-1-8(5-14-10)9(7-16)6-15-3-4-17-11(15)13/h1-5,7,9,13H,6H2. The van der Waals surface area contributed by atoms with E-state index in [4.69, 9.17) is 17.0 Å². The van der Waals surface area contributed by atoms with Crippen LogP contribution in [0.15, 0.2) is 29.9 Å². The number of nitrogens with zero attached hydrogens (tertiary/aromatic N) is 2. The summed E-state index contributed by atoms with van der Waals surface area (Å²) in [4.78, 5) is 15.5. The lowest BCUT2D eigenvalue weighted by molar-refractivity contribution is -0.109. The summed E-state index contributed by atoms with van der Waals surface area (Å²) < 4.78 is 1.73. The Morgan fingerprint density at radius 3 is 2.94 bits per heavy atom. The van der Waals surface area contributed by atoms with E-state index in [0.29, 0.717) is 16.5 Å². The minimum absolute atomic E-state index is 0.302. The average molecular weight is 268 g/mol. The van der Waals surface area contributed by atoms with Crippen molar-refractivity contribution in [2.45, 2.75) is 12.5 Å². The Morgan fingerprint density at radius 1 is 1.59 bits per heavy atom. The molecule has 0 aliphatic heterocycles. The Morgan fingerprint density at radius 2 is 2.41 bits per heavy atom. The second kappa shape index (κ2) is 5.25. The van der Waals surface area contributed by atoms with Gasteiger partial charge in [-0.15, -0.1) is 11.3 Å². The lowest BCUT2D eigenvalue weighted by Gasteiger charge is -2.10. The van der Waals surface area contributed by atoms with Crippen molar-refractivity contribution in [2.24, 2.45) is 0 Å². The number of nitrogens with one attached hydrogen (secondary N) is 1. The fourth-order valence-electron chi connectivity index (χ4n) is 1.49. The van der Waals surface area contributed by atoms with Crippen LogP contribution in [-0.2, 0) is 11.3 Å². The second-order valence-corrected chi connectivity index (χ2v) is 4.80. The summed E-state index contributed by atoms with van der Waals surface area (Å²) in [6, 6.07) is 3.44. The molecule has 2 aromatic rings. The van der Waals surface area contributed by atoms with Gasteiger partial charge in [0, 0.05) is 24.3 Å². The maximum atomic E-state index is 11.1. The second-order valence-electron chi connectivity index (χ2n) is 3.52. The van der Waals surface area contributed by atoms with E-state index < -0.39 is 0 Å². The van der Waals surface area contributed by atoms with E-state index in [-0.39, 0.29) is 5.92 Å². The molecular weight excluding hydrogens is 258 g/mol. The average Bonchev–Trinajstić information content (AvgIpc) is 2.73. The van der Waals surface area contributed by atoms with Crippen LogP contribution in [0.3, 0.4) is 0 Å². The van der Waals surface area contributed by atoms with Crippen molar-refractivity contribution < 1.29 is 4.79 Å². The molecule has 2 aromatic heterocycles.